The molecule has 3 amide bonds. The van der Waals surface area contributed by atoms with Crippen LogP contribution >= 0.6 is 45.6 Å². The SMILES string of the molecule is CC(C)C.CCCNC(=O)c1cccc(-c2sc(C)c(C(OC(C)(C)C)C(=O)O)c2C2=CCC(C)(C)CC2)c1.CCCNC(=O)c1cccc(-c2sc(C)c(C(OC(C)(C)C)C(=O)OCC)c2C2=CCC(C)(C)CC2)c1.CCCNC(=O)c1cccc(B(O)O)c1.CCOC(=O)C(OC(C)(C)C)c1c(C)sc(Cl)c1C1=CCC(C)(C)CC1. The van der Waals surface area contributed by atoms with E-state index in [1.807, 2.05) is 159 Å². The molecular weight excluding hydrogens is 1550 g/mol. The molecule has 0 spiro atoms. The molecule has 22 heteroatoms. The van der Waals surface area contributed by atoms with Crippen LogP contribution in [-0.4, -0.2) is 108 Å². The first kappa shape index (κ1) is 101. The number of aliphatic carboxylic acids is 1. The number of carbonyl (C=O) groups is 6. The number of ether oxygens (including phenoxy) is 5. The van der Waals surface area contributed by atoms with Crippen LogP contribution in [0, 0.1) is 42.9 Å². The van der Waals surface area contributed by atoms with Gasteiger partial charge in [-0.3, -0.25) is 14.4 Å². The van der Waals surface area contributed by atoms with Crippen molar-refractivity contribution in [2.45, 2.75) is 292 Å². The fraction of sp³-hybridized carbons (Fsp3) is 0.558. The number of amides is 3. The summed E-state index contributed by atoms with van der Waals surface area (Å²) in [6.45, 7) is 55.8. The van der Waals surface area contributed by atoms with Crippen LogP contribution in [0.1, 0.15) is 334 Å². The Hall–Kier alpha value is -7.05. The number of esters is 2. The van der Waals surface area contributed by atoms with Gasteiger partial charge < -0.3 is 54.8 Å². The van der Waals surface area contributed by atoms with Crippen LogP contribution in [0.5, 0.6) is 0 Å². The number of rotatable bonds is 26. The highest BCUT2D eigenvalue weighted by molar-refractivity contribution is 7.17. The summed E-state index contributed by atoms with van der Waals surface area (Å²) < 4.78 is 30.2. The summed E-state index contributed by atoms with van der Waals surface area (Å²) in [4.78, 5) is 80.4. The molecule has 3 unspecified atom stereocenters. The molecule has 3 aliphatic rings. The number of halogens is 1. The molecule has 6 N–H and O–H groups in total. The zero-order valence-electron chi connectivity index (χ0n) is 75.0. The van der Waals surface area contributed by atoms with Crippen molar-refractivity contribution in [1.29, 1.82) is 0 Å². The molecule has 0 aliphatic heterocycles. The van der Waals surface area contributed by atoms with E-state index in [1.165, 1.54) is 34.1 Å². The van der Waals surface area contributed by atoms with Gasteiger partial charge in [0, 0.05) is 94.1 Å². The fourth-order valence-corrected chi connectivity index (χ4v) is 17.4. The van der Waals surface area contributed by atoms with Gasteiger partial charge in [-0.1, -0.05) is 149 Å². The normalized spacial score (nSPS) is 15.7. The van der Waals surface area contributed by atoms with Crippen LogP contribution < -0.4 is 21.4 Å². The van der Waals surface area contributed by atoms with Crippen molar-refractivity contribution in [3.05, 3.63) is 160 Å². The van der Waals surface area contributed by atoms with Crippen molar-refractivity contribution in [3.63, 3.8) is 0 Å². The molecule has 3 atom stereocenters. The number of aryl methyl sites for hydroxylation is 3. The molecule has 3 aromatic heterocycles. The van der Waals surface area contributed by atoms with Gasteiger partial charge in [0.2, 0.25) is 0 Å². The molecule has 3 aliphatic carbocycles. The summed E-state index contributed by atoms with van der Waals surface area (Å²) in [5, 5.41) is 36.7. The van der Waals surface area contributed by atoms with Crippen LogP contribution in [0.4, 0.5) is 0 Å². The van der Waals surface area contributed by atoms with Gasteiger partial charge in [-0.25, -0.2) is 14.4 Å². The number of thiophene rings is 3. The van der Waals surface area contributed by atoms with Gasteiger partial charge in [0.05, 0.1) is 30.0 Å². The quantitative estimate of drug-likeness (QED) is 0.0219. The van der Waals surface area contributed by atoms with Crippen molar-refractivity contribution < 1.29 is 67.6 Å². The Morgan fingerprint density at radius 1 is 0.479 bits per heavy atom. The maximum absolute atomic E-state index is 13.3. The van der Waals surface area contributed by atoms with Gasteiger partial charge in [-0.2, -0.15) is 0 Å². The number of carboxylic acids is 1. The number of benzene rings is 3. The molecular formula is C95H137BClN3O14S3. The fourth-order valence-electron chi connectivity index (χ4n) is 13.5. The van der Waals surface area contributed by atoms with Gasteiger partial charge in [0.25, 0.3) is 17.7 Å². The zero-order valence-corrected chi connectivity index (χ0v) is 78.2. The minimum absolute atomic E-state index is 0.0714. The minimum Gasteiger partial charge on any atom is -0.479 e. The Labute approximate surface area is 717 Å². The Kier molecular flexibility index (Phi) is 38.7. The molecule has 3 aromatic carbocycles. The Morgan fingerprint density at radius 2 is 0.786 bits per heavy atom. The molecule has 9 rings (SSSR count). The van der Waals surface area contributed by atoms with Gasteiger partial charge >= 0.3 is 25.0 Å². The molecule has 0 radical (unpaired) electrons. The predicted molar refractivity (Wildman–Crippen MR) is 486 cm³/mol. The molecule has 0 fully saturated rings. The lowest BCUT2D eigenvalue weighted by molar-refractivity contribution is -0.167. The molecule has 0 saturated carbocycles. The summed E-state index contributed by atoms with van der Waals surface area (Å²) in [5.74, 6) is -1.23. The van der Waals surface area contributed by atoms with Crippen molar-refractivity contribution in [2.24, 2.45) is 22.2 Å². The standard InChI is InChI=1S/C31H43NO4S.C29H39NO4S.C21H31ClO3S.C10H14BNO3.C4H10/c1-9-18-32-28(33)23-13-11-12-22(19-23)27-25(21-14-16-31(7,8)17-15-21)24(20(3)37-27)26(29(34)35-10-2)36-30(4,5)6;1-8-16-30-26(31)21-11-9-10-20(17-21)25-23(19-12-14-29(6,7)15-13-19)22(18(2)35-25)24(27(32)33)34-28(3,4)5;1-8-24-19(23)17(25-20(3,4)5)15-13(2)26-18(22)16(15)14-9-11-21(6,7)12-10-14;1-2-6-12-10(13)8-4-3-5-9(7-8)11(14)15;1-4(2)3/h11-14,19,26H,9-10,15-18H2,1-8H3,(H,32,33);9-12,17,24H,8,13-16H2,1-7H3,(H,30,31)(H,32,33);9,17H,8,10-12H2,1-7H3;3-5,7,14-15H,2,6H2,1H3,(H,12,13);4H,1-3H3. The topological polar surface area (TPSA) is 245 Å². The van der Waals surface area contributed by atoms with Crippen LogP contribution in [0.15, 0.2) is 91.0 Å². The number of nitrogens with one attached hydrogen (secondary N) is 3. The lowest BCUT2D eigenvalue weighted by atomic mass is 9.76. The second-order valence-electron chi connectivity index (χ2n) is 36.4. The summed E-state index contributed by atoms with van der Waals surface area (Å²) in [6.07, 6.45) is 15.7. The van der Waals surface area contributed by atoms with Gasteiger partial charge in [0.15, 0.2) is 18.3 Å². The third-order valence-corrected chi connectivity index (χ3v) is 23.2. The van der Waals surface area contributed by atoms with Crippen LogP contribution in [0.25, 0.3) is 37.6 Å². The van der Waals surface area contributed by atoms with E-state index in [-0.39, 0.29) is 40.5 Å². The minimum atomic E-state index is -1.54. The predicted octanol–water partition coefficient (Wildman–Crippen LogP) is 23.2. The second kappa shape index (κ2) is 45.0. The Balaban J connectivity index is 0.000000284. The third-order valence-electron chi connectivity index (χ3n) is 19.5. The highest BCUT2D eigenvalue weighted by Crippen LogP contribution is 2.53. The summed E-state index contributed by atoms with van der Waals surface area (Å²) >= 11 is 11.4. The van der Waals surface area contributed by atoms with E-state index < -0.39 is 48.2 Å². The first-order valence-corrected chi connectivity index (χ1v) is 44.6. The number of carboxylic acid groups (broad SMARTS) is 1. The highest BCUT2D eigenvalue weighted by Gasteiger charge is 2.40. The third kappa shape index (κ3) is 31.2. The van der Waals surface area contributed by atoms with Crippen molar-refractivity contribution in [2.75, 3.05) is 32.8 Å². The lowest BCUT2D eigenvalue weighted by Gasteiger charge is -2.31. The Bertz CT molecular complexity index is 4410. The van der Waals surface area contributed by atoms with Gasteiger partial charge in [-0.15, -0.1) is 34.0 Å². The highest BCUT2D eigenvalue weighted by atomic mass is 35.5. The van der Waals surface area contributed by atoms with Crippen LogP contribution in [0.2, 0.25) is 4.34 Å². The molecule has 3 heterocycles. The first-order chi connectivity index (χ1) is 54.5. The molecule has 17 nitrogen and oxygen atoms in total. The van der Waals surface area contributed by atoms with Gasteiger partial charge in [-0.05, 0) is 266 Å². The van der Waals surface area contributed by atoms with E-state index in [0.29, 0.717) is 60.4 Å². The first-order valence-electron chi connectivity index (χ1n) is 41.8. The van der Waals surface area contributed by atoms with E-state index >= 15 is 0 Å². The number of allylic oxidation sites excluding steroid dienone is 6. The smallest absolute Gasteiger partial charge is 0.479 e. The summed E-state index contributed by atoms with van der Waals surface area (Å²) in [6, 6.07) is 21.7. The largest absolute Gasteiger partial charge is 0.488 e. The lowest BCUT2D eigenvalue weighted by Crippen LogP contribution is -2.32. The number of hydrogen-bond donors (Lipinski definition) is 6. The van der Waals surface area contributed by atoms with E-state index in [9.17, 15) is 33.9 Å². The maximum atomic E-state index is 13.3. The molecule has 644 valence electrons. The monoisotopic (exact) mass is 1690 g/mol. The zero-order chi connectivity index (χ0) is 87.9. The van der Waals surface area contributed by atoms with Crippen molar-refractivity contribution in [3.8, 4) is 20.9 Å². The Morgan fingerprint density at radius 3 is 1.09 bits per heavy atom. The van der Waals surface area contributed by atoms with Crippen molar-refractivity contribution >= 4 is 111 Å². The van der Waals surface area contributed by atoms with Crippen LogP contribution in [0.3, 0.4) is 0 Å². The molecule has 6 aromatic rings. The average molecular weight is 1690 g/mol. The maximum Gasteiger partial charge on any atom is 0.488 e. The average Bonchev–Trinajstić information content (AvgIpc) is 1.60. The van der Waals surface area contributed by atoms with E-state index in [1.54, 1.807) is 40.9 Å². The molecule has 0 saturated heterocycles. The van der Waals surface area contributed by atoms with E-state index in [2.05, 4.69) is 103 Å². The van der Waals surface area contributed by atoms with Gasteiger partial charge in [0.1, 0.15) is 4.34 Å². The van der Waals surface area contributed by atoms with E-state index in [0.717, 1.165) is 156 Å². The van der Waals surface area contributed by atoms with Crippen molar-refractivity contribution in [1.82, 2.24) is 16.0 Å². The number of carbonyl (C=O) groups excluding carboxylic acids is 5. The number of hydrogen-bond acceptors (Lipinski definition) is 16. The summed E-state index contributed by atoms with van der Waals surface area (Å²) in [7, 11) is -1.54. The second-order valence-corrected chi connectivity index (χ2v) is 40.7. The van der Waals surface area contributed by atoms with E-state index in [4.69, 9.17) is 45.3 Å². The summed E-state index contributed by atoms with van der Waals surface area (Å²) in [5.41, 5.74) is 12.2. The molecule has 117 heavy (non-hydrogen) atoms. The molecule has 0 bridgehead atoms. The van der Waals surface area contributed by atoms with Crippen LogP contribution in [-0.2, 0) is 38.1 Å².